The van der Waals surface area contributed by atoms with Gasteiger partial charge in [-0.15, -0.1) is 0 Å². The Labute approximate surface area is 249 Å². The number of anilines is 1. The highest BCUT2D eigenvalue weighted by molar-refractivity contribution is 7.89. The summed E-state index contributed by atoms with van der Waals surface area (Å²) in [5.74, 6) is -0.0353. The lowest BCUT2D eigenvalue weighted by Crippen LogP contribution is -2.42. The Kier molecular flexibility index (Phi) is 11.9. The summed E-state index contributed by atoms with van der Waals surface area (Å²) in [4.78, 5) is 29.6. The van der Waals surface area contributed by atoms with Gasteiger partial charge in [0, 0.05) is 44.9 Å². The maximum Gasteiger partial charge on any atom is 0.251 e. The second-order valence-corrected chi connectivity index (χ2v) is 12.3. The van der Waals surface area contributed by atoms with Crippen molar-refractivity contribution in [2.45, 2.75) is 38.0 Å². The van der Waals surface area contributed by atoms with Crippen molar-refractivity contribution in [3.63, 3.8) is 0 Å². The predicted octanol–water partition coefficient (Wildman–Crippen LogP) is 4.36. The molecular weight excluding hydrogens is 552 g/mol. The minimum Gasteiger partial charge on any atom is -0.497 e. The number of nitrogens with zero attached hydrogens (tertiary/aromatic N) is 2. The monoisotopic (exact) mass is 594 g/mol. The fourth-order valence-electron chi connectivity index (χ4n) is 4.75. The van der Waals surface area contributed by atoms with Gasteiger partial charge in [0.15, 0.2) is 5.37 Å². The first-order valence-electron chi connectivity index (χ1n) is 14.0. The fraction of sp³-hybridized carbons (Fsp3) is 0.375. The molecule has 0 bridgehead atoms. The van der Waals surface area contributed by atoms with Crippen LogP contribution in [0, 0.1) is 5.92 Å². The highest BCUT2D eigenvalue weighted by atomic mass is 32.2. The van der Waals surface area contributed by atoms with Gasteiger partial charge in [-0.05, 0) is 72.7 Å². The zero-order valence-corrected chi connectivity index (χ0v) is 25.6. The van der Waals surface area contributed by atoms with Crippen LogP contribution >= 0.6 is 0 Å². The Morgan fingerprint density at radius 1 is 0.952 bits per heavy atom. The van der Waals surface area contributed by atoms with E-state index in [0.717, 1.165) is 11.3 Å². The third kappa shape index (κ3) is 9.60. The van der Waals surface area contributed by atoms with E-state index in [4.69, 9.17) is 9.88 Å². The molecule has 0 aliphatic heterocycles. The SMILES string of the molecule is COc1ccc([C@@H](N(CCCc2ccccc2)C(=O)CC(C)CCNC(=O)c2ccc(N(C)C)cc2)S(N)(=O)=O)cc1. The van der Waals surface area contributed by atoms with Crippen molar-refractivity contribution in [2.24, 2.45) is 11.1 Å². The molecule has 9 nitrogen and oxygen atoms in total. The number of rotatable bonds is 15. The summed E-state index contributed by atoms with van der Waals surface area (Å²) in [6.45, 7) is 2.51. The molecule has 10 heteroatoms. The van der Waals surface area contributed by atoms with Crippen LogP contribution in [0.4, 0.5) is 5.69 Å². The van der Waals surface area contributed by atoms with Crippen molar-refractivity contribution in [3.05, 3.63) is 95.6 Å². The number of hydrogen-bond acceptors (Lipinski definition) is 6. The van der Waals surface area contributed by atoms with Crippen LogP contribution in [0.1, 0.15) is 53.0 Å². The van der Waals surface area contributed by atoms with Crippen molar-refractivity contribution >= 4 is 27.5 Å². The van der Waals surface area contributed by atoms with Crippen molar-refractivity contribution in [1.82, 2.24) is 10.2 Å². The topological polar surface area (TPSA) is 122 Å². The molecule has 42 heavy (non-hydrogen) atoms. The quantitative estimate of drug-likeness (QED) is 0.270. The maximum absolute atomic E-state index is 13.7. The van der Waals surface area contributed by atoms with Crippen molar-refractivity contribution < 1.29 is 22.7 Å². The maximum atomic E-state index is 13.7. The molecule has 226 valence electrons. The average Bonchev–Trinajstić information content (AvgIpc) is 2.96. The van der Waals surface area contributed by atoms with E-state index in [1.54, 1.807) is 36.4 Å². The number of aryl methyl sites for hydroxylation is 1. The normalized spacial score (nSPS) is 12.7. The number of nitrogens with two attached hydrogens (primary N) is 1. The summed E-state index contributed by atoms with van der Waals surface area (Å²) in [5.41, 5.74) is 3.05. The Morgan fingerprint density at radius 2 is 1.60 bits per heavy atom. The van der Waals surface area contributed by atoms with Crippen molar-refractivity contribution in [2.75, 3.05) is 39.2 Å². The zero-order chi connectivity index (χ0) is 30.7. The van der Waals surface area contributed by atoms with E-state index in [1.807, 2.05) is 68.4 Å². The van der Waals surface area contributed by atoms with Gasteiger partial charge in [-0.1, -0.05) is 49.4 Å². The molecule has 2 atom stereocenters. The lowest BCUT2D eigenvalue weighted by atomic mass is 10.0. The van der Waals surface area contributed by atoms with E-state index in [2.05, 4.69) is 5.32 Å². The van der Waals surface area contributed by atoms with E-state index >= 15 is 0 Å². The first kappa shape index (κ1) is 32.6. The Hall–Kier alpha value is -3.89. The first-order valence-corrected chi connectivity index (χ1v) is 15.6. The largest absolute Gasteiger partial charge is 0.497 e. The molecule has 3 N–H and O–H groups in total. The molecule has 3 aromatic carbocycles. The van der Waals surface area contributed by atoms with Crippen LogP contribution in [0.3, 0.4) is 0 Å². The molecule has 0 spiro atoms. The highest BCUT2D eigenvalue weighted by Gasteiger charge is 2.34. The second-order valence-electron chi connectivity index (χ2n) is 10.7. The minimum atomic E-state index is -4.18. The lowest BCUT2D eigenvalue weighted by Gasteiger charge is -2.31. The number of benzene rings is 3. The van der Waals surface area contributed by atoms with E-state index in [9.17, 15) is 18.0 Å². The molecule has 0 saturated carbocycles. The number of carbonyl (C=O) groups excluding carboxylic acids is 2. The summed E-state index contributed by atoms with van der Waals surface area (Å²) in [6, 6.07) is 23.7. The van der Waals surface area contributed by atoms with Gasteiger partial charge in [-0.3, -0.25) is 9.59 Å². The molecule has 0 aliphatic rings. The van der Waals surface area contributed by atoms with E-state index in [-0.39, 0.29) is 30.7 Å². The van der Waals surface area contributed by atoms with E-state index in [0.29, 0.717) is 42.7 Å². The number of ether oxygens (including phenoxy) is 1. The molecule has 0 saturated heterocycles. The number of carbonyl (C=O) groups is 2. The van der Waals surface area contributed by atoms with Gasteiger partial charge in [0.1, 0.15) is 5.75 Å². The summed E-state index contributed by atoms with van der Waals surface area (Å²) >= 11 is 0. The van der Waals surface area contributed by atoms with Crippen LogP contribution in [-0.4, -0.2) is 59.4 Å². The highest BCUT2D eigenvalue weighted by Crippen LogP contribution is 2.29. The third-order valence-electron chi connectivity index (χ3n) is 7.11. The molecule has 0 fully saturated rings. The van der Waals surface area contributed by atoms with Gasteiger partial charge in [-0.2, -0.15) is 0 Å². The van der Waals surface area contributed by atoms with Gasteiger partial charge < -0.3 is 19.9 Å². The lowest BCUT2D eigenvalue weighted by molar-refractivity contribution is -0.133. The molecule has 0 radical (unpaired) electrons. The fourth-order valence-corrected chi connectivity index (χ4v) is 5.86. The molecular formula is C32H42N4O5S. The van der Waals surface area contributed by atoms with Crippen LogP contribution in [0.5, 0.6) is 5.75 Å². The average molecular weight is 595 g/mol. The Morgan fingerprint density at radius 3 is 2.17 bits per heavy atom. The van der Waals surface area contributed by atoms with Crippen LogP contribution in [0.2, 0.25) is 0 Å². The van der Waals surface area contributed by atoms with Gasteiger partial charge in [0.2, 0.25) is 15.9 Å². The Balaban J connectivity index is 1.69. The van der Waals surface area contributed by atoms with Crippen molar-refractivity contribution in [1.29, 1.82) is 0 Å². The summed E-state index contributed by atoms with van der Waals surface area (Å²) in [5, 5.41) is 7.31. The number of nitrogens with one attached hydrogen (secondary N) is 1. The third-order valence-corrected chi connectivity index (χ3v) is 8.26. The van der Waals surface area contributed by atoms with Gasteiger partial charge in [-0.25, -0.2) is 13.6 Å². The van der Waals surface area contributed by atoms with Crippen LogP contribution < -0.4 is 20.1 Å². The summed E-state index contributed by atoms with van der Waals surface area (Å²) < 4.78 is 31.0. The summed E-state index contributed by atoms with van der Waals surface area (Å²) in [7, 11) is 1.22. The standard InChI is InChI=1S/C32H42N4O5S/c1-24(20-21-34-31(38)26-12-16-28(17-13-26)35(2)3)23-30(37)36(22-8-11-25-9-6-5-7-10-25)32(42(33,39)40)27-14-18-29(41-4)19-15-27/h5-7,9-10,12-19,24,32H,8,11,20-23H2,1-4H3,(H,34,38)(H2,33,39,40)/t24?,32-/m0/s1. The number of methoxy groups -OCH3 is 1. The van der Waals surface area contributed by atoms with Crippen LogP contribution in [0.15, 0.2) is 78.9 Å². The van der Waals surface area contributed by atoms with Crippen LogP contribution in [-0.2, 0) is 21.2 Å². The molecule has 3 rings (SSSR count). The molecule has 0 aromatic heterocycles. The number of sulfonamides is 1. The second kappa shape index (κ2) is 15.4. The van der Waals surface area contributed by atoms with Gasteiger partial charge in [0.05, 0.1) is 7.11 Å². The molecule has 3 aromatic rings. The minimum absolute atomic E-state index is 0.109. The van der Waals surface area contributed by atoms with E-state index in [1.165, 1.54) is 12.0 Å². The van der Waals surface area contributed by atoms with Gasteiger partial charge in [0.25, 0.3) is 5.91 Å². The molecule has 0 aliphatic carbocycles. The number of hydrogen-bond donors (Lipinski definition) is 2. The predicted molar refractivity (Wildman–Crippen MR) is 167 cm³/mol. The number of amides is 2. The smallest absolute Gasteiger partial charge is 0.251 e. The summed E-state index contributed by atoms with van der Waals surface area (Å²) in [6.07, 6.45) is 1.91. The number of primary sulfonamides is 1. The Bertz CT molecular complexity index is 1400. The van der Waals surface area contributed by atoms with Crippen LogP contribution in [0.25, 0.3) is 0 Å². The van der Waals surface area contributed by atoms with Gasteiger partial charge >= 0.3 is 0 Å². The van der Waals surface area contributed by atoms with Crippen molar-refractivity contribution in [3.8, 4) is 5.75 Å². The zero-order valence-electron chi connectivity index (χ0n) is 24.8. The first-order chi connectivity index (χ1) is 20.0. The molecule has 0 heterocycles. The van der Waals surface area contributed by atoms with E-state index < -0.39 is 15.4 Å². The molecule has 1 unspecified atom stereocenters. The molecule has 2 amide bonds.